The lowest BCUT2D eigenvalue weighted by atomic mass is 9.89. The minimum Gasteiger partial charge on any atom is -0.437 e. The molecule has 2 N–H and O–H groups in total. The Bertz CT molecular complexity index is 572. The van der Waals surface area contributed by atoms with E-state index >= 15 is 0 Å². The Hall–Kier alpha value is -2.36. The molecule has 0 saturated heterocycles. The van der Waals surface area contributed by atoms with E-state index in [-0.39, 0.29) is 28.8 Å². The normalized spacial score (nSPS) is 13.5. The van der Waals surface area contributed by atoms with E-state index in [0.29, 0.717) is 11.1 Å². The first-order valence-electron chi connectivity index (χ1n) is 4.76. The van der Waals surface area contributed by atoms with E-state index < -0.39 is 0 Å². The van der Waals surface area contributed by atoms with Crippen LogP contribution in [0.3, 0.4) is 0 Å². The third-order valence-corrected chi connectivity index (χ3v) is 2.62. The van der Waals surface area contributed by atoms with Crippen LogP contribution in [-0.2, 0) is 0 Å². The van der Waals surface area contributed by atoms with Gasteiger partial charge in [0.1, 0.15) is 0 Å². The van der Waals surface area contributed by atoms with Crippen molar-refractivity contribution in [3.05, 3.63) is 52.8 Å². The third-order valence-electron chi connectivity index (χ3n) is 2.62. The summed E-state index contributed by atoms with van der Waals surface area (Å²) in [6.45, 7) is 0. The van der Waals surface area contributed by atoms with Gasteiger partial charge in [0.05, 0.1) is 5.56 Å². The van der Waals surface area contributed by atoms with Crippen LogP contribution < -0.4 is 5.73 Å². The second kappa shape index (κ2) is 2.82. The fraction of sp³-hybridized carbons (Fsp3) is 0. The van der Waals surface area contributed by atoms with Crippen LogP contribution in [0.2, 0.25) is 0 Å². The molecule has 1 aromatic carbocycles. The van der Waals surface area contributed by atoms with E-state index in [2.05, 4.69) is 0 Å². The fourth-order valence-corrected chi connectivity index (χ4v) is 1.89. The number of fused-ring (bicyclic) bond motifs is 2. The molecule has 0 spiro atoms. The van der Waals surface area contributed by atoms with Crippen LogP contribution in [0.25, 0.3) is 0 Å². The topological polar surface area (TPSA) is 73.3 Å². The van der Waals surface area contributed by atoms with Gasteiger partial charge in [0.25, 0.3) is 0 Å². The molecule has 1 aliphatic carbocycles. The number of nitrogen functional groups attached to an aromatic ring is 1. The van der Waals surface area contributed by atoms with Crippen LogP contribution in [0.1, 0.15) is 32.0 Å². The van der Waals surface area contributed by atoms with Gasteiger partial charge >= 0.3 is 0 Å². The number of furan rings is 1. The molecule has 0 amide bonds. The molecule has 0 radical (unpaired) electrons. The maximum atomic E-state index is 12.0. The molecule has 2 aromatic rings. The fourth-order valence-electron chi connectivity index (χ4n) is 1.89. The molecule has 3 rings (SSSR count). The molecular weight excluding hydrogens is 206 g/mol. The molecule has 4 nitrogen and oxygen atoms in total. The highest BCUT2D eigenvalue weighted by molar-refractivity contribution is 6.27. The zero-order valence-corrected chi connectivity index (χ0v) is 8.19. The molecule has 0 atom stereocenters. The largest absolute Gasteiger partial charge is 0.437 e. The summed E-state index contributed by atoms with van der Waals surface area (Å²) in [7, 11) is 0. The highest BCUT2D eigenvalue weighted by Gasteiger charge is 2.32. The van der Waals surface area contributed by atoms with Crippen molar-refractivity contribution in [2.45, 2.75) is 0 Å². The molecule has 1 aliphatic rings. The summed E-state index contributed by atoms with van der Waals surface area (Å²) in [6, 6.07) is 8.06. The number of benzene rings is 1. The highest BCUT2D eigenvalue weighted by atomic mass is 16.4. The van der Waals surface area contributed by atoms with E-state index in [0.717, 1.165) is 0 Å². The highest BCUT2D eigenvalue weighted by Crippen LogP contribution is 2.30. The summed E-state index contributed by atoms with van der Waals surface area (Å²) in [5, 5.41) is 0. The first-order valence-corrected chi connectivity index (χ1v) is 4.76. The molecule has 16 heavy (non-hydrogen) atoms. The van der Waals surface area contributed by atoms with Gasteiger partial charge < -0.3 is 10.2 Å². The van der Waals surface area contributed by atoms with Gasteiger partial charge in [-0.05, 0) is 0 Å². The number of nitrogens with two attached hydrogens (primary N) is 1. The Balaban J connectivity index is 2.34. The van der Waals surface area contributed by atoms with E-state index in [1.807, 2.05) is 0 Å². The summed E-state index contributed by atoms with van der Waals surface area (Å²) in [5.41, 5.74) is 6.47. The van der Waals surface area contributed by atoms with Crippen LogP contribution in [0.4, 0.5) is 5.88 Å². The summed E-state index contributed by atoms with van der Waals surface area (Å²) in [4.78, 5) is 24.0. The number of ketones is 2. The maximum absolute atomic E-state index is 12.0. The van der Waals surface area contributed by atoms with E-state index in [1.54, 1.807) is 24.3 Å². The molecule has 0 saturated carbocycles. The summed E-state index contributed by atoms with van der Waals surface area (Å²) < 4.78 is 5.05. The van der Waals surface area contributed by atoms with Crippen LogP contribution in [-0.4, -0.2) is 11.6 Å². The average molecular weight is 213 g/mol. The van der Waals surface area contributed by atoms with Gasteiger partial charge in [-0.15, -0.1) is 0 Å². The first-order chi connectivity index (χ1) is 7.68. The number of hydrogen-bond acceptors (Lipinski definition) is 4. The predicted molar refractivity (Wildman–Crippen MR) is 56.4 cm³/mol. The van der Waals surface area contributed by atoms with E-state index in [4.69, 9.17) is 10.2 Å². The lowest BCUT2D eigenvalue weighted by Gasteiger charge is -2.11. The standard InChI is InChI=1S/C12H7NO3/c13-9-5-8-10(14)6-3-1-2-4-7(6)11(15)12(8)16-9/h1-5H,13H2. The second-order valence-corrected chi connectivity index (χ2v) is 3.60. The SMILES string of the molecule is Nc1cc2c(o1)C(=O)c1ccccc1C2=O. The Kier molecular flexibility index (Phi) is 1.57. The molecule has 4 heteroatoms. The minimum atomic E-state index is -0.290. The Morgan fingerprint density at radius 2 is 1.56 bits per heavy atom. The molecular formula is C12H7NO3. The Labute approximate surface area is 90.7 Å². The van der Waals surface area contributed by atoms with E-state index in [1.165, 1.54) is 6.07 Å². The molecule has 78 valence electrons. The van der Waals surface area contributed by atoms with Crippen molar-refractivity contribution in [1.29, 1.82) is 0 Å². The molecule has 0 bridgehead atoms. The van der Waals surface area contributed by atoms with Gasteiger partial charge in [-0.1, -0.05) is 24.3 Å². The van der Waals surface area contributed by atoms with Crippen molar-refractivity contribution in [2.75, 3.05) is 5.73 Å². The number of rotatable bonds is 0. The number of carbonyl (C=O) groups is 2. The van der Waals surface area contributed by atoms with Gasteiger partial charge in [-0.25, -0.2) is 0 Å². The summed E-state index contributed by atoms with van der Waals surface area (Å²) in [6.07, 6.45) is 0. The third kappa shape index (κ3) is 0.982. The van der Waals surface area contributed by atoms with Crippen LogP contribution in [0.5, 0.6) is 0 Å². The molecule has 1 heterocycles. The molecule has 0 unspecified atom stereocenters. The lowest BCUT2D eigenvalue weighted by molar-refractivity contribution is 0.0961. The predicted octanol–water partition coefficient (Wildman–Crippen LogP) is 1.64. The van der Waals surface area contributed by atoms with Crippen molar-refractivity contribution in [3.8, 4) is 0 Å². The summed E-state index contributed by atoms with van der Waals surface area (Å²) in [5.74, 6) is -0.381. The van der Waals surface area contributed by atoms with Gasteiger partial charge in [0.2, 0.25) is 5.78 Å². The van der Waals surface area contributed by atoms with Crippen LogP contribution in [0, 0.1) is 0 Å². The van der Waals surface area contributed by atoms with E-state index in [9.17, 15) is 9.59 Å². The monoisotopic (exact) mass is 213 g/mol. The number of hydrogen-bond donors (Lipinski definition) is 1. The molecule has 1 aromatic heterocycles. The minimum absolute atomic E-state index is 0.0428. The smallest absolute Gasteiger partial charge is 0.229 e. The molecule has 0 aliphatic heterocycles. The molecule has 0 fully saturated rings. The zero-order valence-electron chi connectivity index (χ0n) is 8.19. The van der Waals surface area contributed by atoms with Crippen molar-refractivity contribution in [3.63, 3.8) is 0 Å². The van der Waals surface area contributed by atoms with Gasteiger partial charge in [0.15, 0.2) is 17.4 Å². The van der Waals surface area contributed by atoms with Crippen LogP contribution >= 0.6 is 0 Å². The van der Waals surface area contributed by atoms with Crippen LogP contribution in [0.15, 0.2) is 34.7 Å². The average Bonchev–Trinajstić information content (AvgIpc) is 2.68. The van der Waals surface area contributed by atoms with Crippen molar-refractivity contribution in [1.82, 2.24) is 0 Å². The number of anilines is 1. The van der Waals surface area contributed by atoms with Crippen molar-refractivity contribution in [2.24, 2.45) is 0 Å². The lowest BCUT2D eigenvalue weighted by Crippen LogP contribution is -2.18. The summed E-state index contributed by atoms with van der Waals surface area (Å²) >= 11 is 0. The van der Waals surface area contributed by atoms with Gasteiger partial charge in [0, 0.05) is 17.2 Å². The van der Waals surface area contributed by atoms with Crippen molar-refractivity contribution < 1.29 is 14.0 Å². The number of carbonyl (C=O) groups excluding carboxylic acids is 2. The Morgan fingerprint density at radius 1 is 0.938 bits per heavy atom. The maximum Gasteiger partial charge on any atom is 0.229 e. The zero-order chi connectivity index (χ0) is 11.3. The quantitative estimate of drug-likeness (QED) is 0.616. The second-order valence-electron chi connectivity index (χ2n) is 3.60. The Morgan fingerprint density at radius 3 is 2.25 bits per heavy atom. The van der Waals surface area contributed by atoms with Gasteiger partial charge in [-0.2, -0.15) is 0 Å². The van der Waals surface area contributed by atoms with Crippen molar-refractivity contribution >= 4 is 17.5 Å². The first kappa shape index (κ1) is 8.91. The van der Waals surface area contributed by atoms with Gasteiger partial charge in [-0.3, -0.25) is 9.59 Å².